The fourth-order valence-corrected chi connectivity index (χ4v) is 4.77. The standard InChI is InChI=1S/C27H33N5O3/c1-18(2)19-9-11-20(12-10-19)26(27(34)28-16-22-6-5-15-35-22)32(21-13-14-21)25(33)17-31-24-8-4-3-7-23(24)29-30-31/h3-4,7-12,18,21-22,26H,5-6,13-17H2,1-2H3,(H,28,34). The number of carbonyl (C=O) groups excluding carboxylic acids is 2. The van der Waals surface area contributed by atoms with Crippen LogP contribution >= 0.6 is 0 Å². The van der Waals surface area contributed by atoms with Gasteiger partial charge in [-0.2, -0.15) is 0 Å². The van der Waals surface area contributed by atoms with E-state index in [1.807, 2.05) is 36.4 Å². The van der Waals surface area contributed by atoms with Gasteiger partial charge in [0.25, 0.3) is 0 Å². The number of benzene rings is 2. The normalized spacial score (nSPS) is 18.7. The molecule has 1 N–H and O–H groups in total. The van der Waals surface area contributed by atoms with Crippen molar-refractivity contribution < 1.29 is 14.3 Å². The zero-order valence-electron chi connectivity index (χ0n) is 20.4. The molecule has 2 unspecified atom stereocenters. The van der Waals surface area contributed by atoms with Gasteiger partial charge in [0.1, 0.15) is 18.1 Å². The minimum atomic E-state index is -0.701. The molecule has 0 spiro atoms. The molecule has 1 aromatic heterocycles. The summed E-state index contributed by atoms with van der Waals surface area (Å²) >= 11 is 0. The molecule has 2 heterocycles. The third kappa shape index (κ3) is 5.22. The molecule has 3 aromatic rings. The highest BCUT2D eigenvalue weighted by atomic mass is 16.5. The molecule has 184 valence electrons. The Hall–Kier alpha value is -3.26. The minimum Gasteiger partial charge on any atom is -0.376 e. The number of fused-ring (bicyclic) bond motifs is 1. The average Bonchev–Trinajstić information content (AvgIpc) is 3.40. The number of para-hydroxylation sites is 1. The molecule has 1 saturated carbocycles. The molecule has 2 aromatic carbocycles. The van der Waals surface area contributed by atoms with Crippen LogP contribution in [-0.4, -0.2) is 57.0 Å². The van der Waals surface area contributed by atoms with Gasteiger partial charge in [-0.15, -0.1) is 5.10 Å². The van der Waals surface area contributed by atoms with Crippen LogP contribution in [-0.2, 0) is 20.9 Å². The largest absolute Gasteiger partial charge is 0.376 e. The van der Waals surface area contributed by atoms with Crippen molar-refractivity contribution in [1.82, 2.24) is 25.2 Å². The Morgan fingerprint density at radius 1 is 1.09 bits per heavy atom. The van der Waals surface area contributed by atoms with Crippen LogP contribution in [0.5, 0.6) is 0 Å². The predicted octanol–water partition coefficient (Wildman–Crippen LogP) is 3.58. The van der Waals surface area contributed by atoms with Gasteiger partial charge in [0.05, 0.1) is 11.6 Å². The number of nitrogens with zero attached hydrogens (tertiary/aromatic N) is 4. The first-order chi connectivity index (χ1) is 17.0. The van der Waals surface area contributed by atoms with Gasteiger partial charge >= 0.3 is 0 Å². The molecule has 2 fully saturated rings. The molecule has 1 aliphatic heterocycles. The number of hydrogen-bond acceptors (Lipinski definition) is 5. The lowest BCUT2D eigenvalue weighted by atomic mass is 9.97. The fraction of sp³-hybridized carbons (Fsp3) is 0.481. The topological polar surface area (TPSA) is 89.4 Å². The number of nitrogens with one attached hydrogen (secondary N) is 1. The first-order valence-electron chi connectivity index (χ1n) is 12.6. The predicted molar refractivity (Wildman–Crippen MR) is 133 cm³/mol. The first-order valence-corrected chi connectivity index (χ1v) is 12.6. The number of amides is 2. The molecular weight excluding hydrogens is 442 g/mol. The molecule has 1 aliphatic carbocycles. The van der Waals surface area contributed by atoms with Crippen LogP contribution < -0.4 is 5.32 Å². The quantitative estimate of drug-likeness (QED) is 0.511. The lowest BCUT2D eigenvalue weighted by Gasteiger charge is -2.32. The Balaban J connectivity index is 1.43. The van der Waals surface area contributed by atoms with Crippen molar-refractivity contribution in [3.63, 3.8) is 0 Å². The molecule has 2 atom stereocenters. The summed E-state index contributed by atoms with van der Waals surface area (Å²) in [5.41, 5.74) is 3.57. The van der Waals surface area contributed by atoms with Crippen molar-refractivity contribution >= 4 is 22.8 Å². The van der Waals surface area contributed by atoms with Gasteiger partial charge in [0.15, 0.2) is 0 Å². The Morgan fingerprint density at radius 3 is 2.51 bits per heavy atom. The summed E-state index contributed by atoms with van der Waals surface area (Å²) in [5.74, 6) is 0.0902. The van der Waals surface area contributed by atoms with Crippen LogP contribution in [0.25, 0.3) is 11.0 Å². The van der Waals surface area contributed by atoms with Crippen molar-refractivity contribution in [1.29, 1.82) is 0 Å². The van der Waals surface area contributed by atoms with E-state index in [4.69, 9.17) is 4.74 Å². The highest BCUT2D eigenvalue weighted by Gasteiger charge is 2.41. The van der Waals surface area contributed by atoms with Crippen LogP contribution in [0.3, 0.4) is 0 Å². The molecule has 0 bridgehead atoms. The molecule has 2 amide bonds. The number of rotatable bonds is 9. The van der Waals surface area contributed by atoms with E-state index in [0.717, 1.165) is 48.9 Å². The molecule has 0 radical (unpaired) electrons. The van der Waals surface area contributed by atoms with E-state index in [-0.39, 0.29) is 30.5 Å². The van der Waals surface area contributed by atoms with Crippen LogP contribution in [0.2, 0.25) is 0 Å². The smallest absolute Gasteiger partial charge is 0.247 e. The summed E-state index contributed by atoms with van der Waals surface area (Å²) < 4.78 is 7.32. The number of hydrogen-bond donors (Lipinski definition) is 1. The van der Waals surface area contributed by atoms with Crippen molar-refractivity contribution in [3.05, 3.63) is 59.7 Å². The number of ether oxygens (including phenoxy) is 1. The maximum Gasteiger partial charge on any atom is 0.247 e. The van der Waals surface area contributed by atoms with Crippen molar-refractivity contribution in [2.75, 3.05) is 13.2 Å². The van der Waals surface area contributed by atoms with E-state index in [0.29, 0.717) is 12.5 Å². The number of carbonyl (C=O) groups is 2. The van der Waals surface area contributed by atoms with Gasteiger partial charge in [-0.25, -0.2) is 4.68 Å². The van der Waals surface area contributed by atoms with Gasteiger partial charge in [0, 0.05) is 19.2 Å². The number of aromatic nitrogens is 3. The van der Waals surface area contributed by atoms with E-state index in [9.17, 15) is 9.59 Å². The van der Waals surface area contributed by atoms with E-state index in [2.05, 4.69) is 41.6 Å². The SMILES string of the molecule is CC(C)c1ccc(C(C(=O)NCC2CCCO2)N(C(=O)Cn2nnc3ccccc32)C2CC2)cc1. The maximum atomic E-state index is 13.7. The first kappa shape index (κ1) is 23.5. The summed E-state index contributed by atoms with van der Waals surface area (Å²) in [7, 11) is 0. The average molecular weight is 476 g/mol. The Bertz CT molecular complexity index is 1180. The molecule has 2 aliphatic rings. The highest BCUT2D eigenvalue weighted by Crippen LogP contribution is 2.36. The van der Waals surface area contributed by atoms with Gasteiger partial charge < -0.3 is 15.0 Å². The Morgan fingerprint density at radius 2 is 1.83 bits per heavy atom. The van der Waals surface area contributed by atoms with Crippen LogP contribution in [0.15, 0.2) is 48.5 Å². The second-order valence-corrected chi connectivity index (χ2v) is 9.87. The minimum absolute atomic E-state index is 0.0366. The highest BCUT2D eigenvalue weighted by molar-refractivity contribution is 5.89. The van der Waals surface area contributed by atoms with E-state index < -0.39 is 6.04 Å². The van der Waals surface area contributed by atoms with Crippen molar-refractivity contribution in [2.45, 2.75) is 70.2 Å². The summed E-state index contributed by atoms with van der Waals surface area (Å²) in [6.45, 7) is 5.52. The van der Waals surface area contributed by atoms with Crippen LogP contribution in [0, 0.1) is 0 Å². The molecule has 8 heteroatoms. The van der Waals surface area contributed by atoms with Crippen molar-refractivity contribution in [2.24, 2.45) is 0 Å². The van der Waals surface area contributed by atoms with E-state index in [1.165, 1.54) is 5.56 Å². The molecule has 8 nitrogen and oxygen atoms in total. The molecule has 1 saturated heterocycles. The zero-order chi connectivity index (χ0) is 24.4. The molecule has 35 heavy (non-hydrogen) atoms. The van der Waals surface area contributed by atoms with Gasteiger partial charge in [0.2, 0.25) is 11.8 Å². The second kappa shape index (κ2) is 10.2. The lowest BCUT2D eigenvalue weighted by Crippen LogP contribution is -2.47. The van der Waals surface area contributed by atoms with E-state index >= 15 is 0 Å². The summed E-state index contributed by atoms with van der Waals surface area (Å²) in [6.07, 6.45) is 3.78. The Kier molecular flexibility index (Phi) is 6.81. The van der Waals surface area contributed by atoms with Gasteiger partial charge in [-0.3, -0.25) is 9.59 Å². The van der Waals surface area contributed by atoms with Gasteiger partial charge in [-0.1, -0.05) is 55.5 Å². The Labute approximate surface area is 205 Å². The second-order valence-electron chi connectivity index (χ2n) is 9.87. The van der Waals surface area contributed by atoms with Crippen LogP contribution in [0.4, 0.5) is 0 Å². The monoisotopic (exact) mass is 475 g/mol. The summed E-state index contributed by atoms with van der Waals surface area (Å²) in [5, 5.41) is 11.4. The molecular formula is C27H33N5O3. The third-order valence-electron chi connectivity index (χ3n) is 6.91. The van der Waals surface area contributed by atoms with Gasteiger partial charge in [-0.05, 0) is 54.9 Å². The lowest BCUT2D eigenvalue weighted by molar-refractivity contribution is -0.142. The van der Waals surface area contributed by atoms with Crippen molar-refractivity contribution in [3.8, 4) is 0 Å². The summed E-state index contributed by atoms with van der Waals surface area (Å²) in [6, 6.07) is 15.0. The van der Waals surface area contributed by atoms with Crippen LogP contribution in [0.1, 0.15) is 62.6 Å². The molecule has 5 rings (SSSR count). The fourth-order valence-electron chi connectivity index (χ4n) is 4.77. The third-order valence-corrected chi connectivity index (χ3v) is 6.91. The maximum absolute atomic E-state index is 13.7. The zero-order valence-corrected chi connectivity index (χ0v) is 20.4. The summed E-state index contributed by atoms with van der Waals surface area (Å²) in [4.78, 5) is 29.1. The van der Waals surface area contributed by atoms with E-state index in [1.54, 1.807) is 9.58 Å².